The van der Waals surface area contributed by atoms with Crippen LogP contribution in [-0.4, -0.2) is 0 Å². The molecule has 0 saturated heterocycles. The molecule has 1 atom stereocenters. The fraction of sp³-hybridized carbons (Fsp3) is 0.636. The molecule has 0 rings (SSSR count). The number of hydrogen-bond donors (Lipinski definition) is 0. The van der Waals surface area contributed by atoms with Crippen LogP contribution in [-0.2, 0) is 0 Å². The molecule has 0 aliphatic rings. The van der Waals surface area contributed by atoms with Gasteiger partial charge < -0.3 is 0 Å². The standard InChI is InChI=1S/C9H16.C2H6/c1-4-6-8-9(3)7-5-2;1-2/h4-5,7,9H,1,6,8H2,2-3H3;1-2H3. The highest BCUT2D eigenvalue weighted by Crippen LogP contribution is 2.06. The summed E-state index contributed by atoms with van der Waals surface area (Å²) in [6.07, 6.45) is 8.66. The lowest BCUT2D eigenvalue weighted by Gasteiger charge is -2.00. The van der Waals surface area contributed by atoms with Gasteiger partial charge in [-0.2, -0.15) is 0 Å². The fourth-order valence-electron chi connectivity index (χ4n) is 0.806. The minimum absolute atomic E-state index is 0.716. The molecule has 0 radical (unpaired) electrons. The van der Waals surface area contributed by atoms with Crippen molar-refractivity contribution in [2.75, 3.05) is 0 Å². The Labute approximate surface area is 72.0 Å². The predicted octanol–water partition coefficient (Wildman–Crippen LogP) is 4.19. The van der Waals surface area contributed by atoms with Gasteiger partial charge in [-0.25, -0.2) is 0 Å². The van der Waals surface area contributed by atoms with Crippen molar-refractivity contribution in [3.05, 3.63) is 24.8 Å². The van der Waals surface area contributed by atoms with Gasteiger partial charge in [-0.05, 0) is 25.7 Å². The number of rotatable bonds is 4. The van der Waals surface area contributed by atoms with Crippen LogP contribution < -0.4 is 0 Å². The monoisotopic (exact) mass is 154 g/mol. The van der Waals surface area contributed by atoms with Crippen molar-refractivity contribution >= 4 is 0 Å². The molecule has 0 bridgehead atoms. The number of allylic oxidation sites excluding steroid dienone is 3. The van der Waals surface area contributed by atoms with E-state index in [1.54, 1.807) is 0 Å². The molecule has 0 aromatic heterocycles. The largest absolute Gasteiger partial charge is 0.103 e. The molecule has 0 fully saturated rings. The topological polar surface area (TPSA) is 0 Å². The fourth-order valence-corrected chi connectivity index (χ4v) is 0.806. The first-order valence-electron chi connectivity index (χ1n) is 4.55. The maximum atomic E-state index is 3.67. The summed E-state index contributed by atoms with van der Waals surface area (Å²) in [4.78, 5) is 0. The summed E-state index contributed by atoms with van der Waals surface area (Å²) in [6, 6.07) is 0. The van der Waals surface area contributed by atoms with Gasteiger partial charge in [-0.15, -0.1) is 6.58 Å². The van der Waals surface area contributed by atoms with Crippen molar-refractivity contribution in [3.63, 3.8) is 0 Å². The second-order valence-electron chi connectivity index (χ2n) is 2.37. The van der Waals surface area contributed by atoms with E-state index in [9.17, 15) is 0 Å². The van der Waals surface area contributed by atoms with Crippen molar-refractivity contribution in [2.24, 2.45) is 5.92 Å². The van der Waals surface area contributed by atoms with Gasteiger partial charge in [0.05, 0.1) is 0 Å². The molecule has 0 aromatic carbocycles. The molecule has 0 N–H and O–H groups in total. The first-order valence-corrected chi connectivity index (χ1v) is 4.55. The molecular formula is C11H22. The Morgan fingerprint density at radius 1 is 1.36 bits per heavy atom. The first-order chi connectivity index (χ1) is 5.31. The van der Waals surface area contributed by atoms with Crippen molar-refractivity contribution < 1.29 is 0 Å². The molecule has 0 spiro atoms. The Balaban J connectivity index is 0. The molecule has 0 heteroatoms. The van der Waals surface area contributed by atoms with E-state index in [4.69, 9.17) is 0 Å². The average Bonchev–Trinajstić information content (AvgIpc) is 2.05. The molecule has 1 unspecified atom stereocenters. The van der Waals surface area contributed by atoms with Crippen LogP contribution in [0.1, 0.15) is 40.5 Å². The summed E-state index contributed by atoms with van der Waals surface area (Å²) in [5.74, 6) is 0.716. The third kappa shape index (κ3) is 12.6. The molecule has 0 aliphatic carbocycles. The van der Waals surface area contributed by atoms with Crippen LogP contribution in [0.3, 0.4) is 0 Å². The maximum Gasteiger partial charge on any atom is -0.0259 e. The lowest BCUT2D eigenvalue weighted by atomic mass is 10.1. The quantitative estimate of drug-likeness (QED) is 0.533. The first kappa shape index (κ1) is 13.1. The minimum atomic E-state index is 0.716. The highest BCUT2D eigenvalue weighted by molar-refractivity contribution is 4.84. The minimum Gasteiger partial charge on any atom is -0.103 e. The molecule has 0 aliphatic heterocycles. The van der Waals surface area contributed by atoms with E-state index in [2.05, 4.69) is 32.6 Å². The SMILES string of the molecule is C=CCCC(C)C=CC.CC. The van der Waals surface area contributed by atoms with Crippen LogP contribution in [0.15, 0.2) is 24.8 Å². The molecule has 0 aromatic rings. The Morgan fingerprint density at radius 2 is 1.91 bits per heavy atom. The highest BCUT2D eigenvalue weighted by atomic mass is 14.0. The van der Waals surface area contributed by atoms with Gasteiger partial charge in [0.2, 0.25) is 0 Å². The highest BCUT2D eigenvalue weighted by Gasteiger charge is 1.91. The summed E-state index contributed by atoms with van der Waals surface area (Å²) in [7, 11) is 0. The lowest BCUT2D eigenvalue weighted by Crippen LogP contribution is -1.86. The van der Waals surface area contributed by atoms with E-state index in [0.717, 1.165) is 6.42 Å². The normalized spacial score (nSPS) is 12.0. The second-order valence-corrected chi connectivity index (χ2v) is 2.37. The third-order valence-electron chi connectivity index (χ3n) is 1.35. The van der Waals surface area contributed by atoms with Crippen molar-refractivity contribution in [2.45, 2.75) is 40.5 Å². The molecule has 0 heterocycles. The van der Waals surface area contributed by atoms with Crippen LogP contribution in [0.2, 0.25) is 0 Å². The van der Waals surface area contributed by atoms with Crippen LogP contribution in [0.25, 0.3) is 0 Å². The van der Waals surface area contributed by atoms with Gasteiger partial charge >= 0.3 is 0 Å². The van der Waals surface area contributed by atoms with E-state index in [1.165, 1.54) is 6.42 Å². The van der Waals surface area contributed by atoms with Gasteiger partial charge in [0.25, 0.3) is 0 Å². The van der Waals surface area contributed by atoms with Crippen molar-refractivity contribution in [3.8, 4) is 0 Å². The summed E-state index contributed by atoms with van der Waals surface area (Å²) in [5.41, 5.74) is 0. The van der Waals surface area contributed by atoms with E-state index in [1.807, 2.05) is 19.9 Å². The molecule has 11 heavy (non-hydrogen) atoms. The van der Waals surface area contributed by atoms with E-state index in [0.29, 0.717) is 5.92 Å². The zero-order valence-corrected chi connectivity index (χ0v) is 8.43. The lowest BCUT2D eigenvalue weighted by molar-refractivity contribution is 0.657. The summed E-state index contributed by atoms with van der Waals surface area (Å²) < 4.78 is 0. The van der Waals surface area contributed by atoms with Crippen LogP contribution in [0.4, 0.5) is 0 Å². The Hall–Kier alpha value is -0.520. The van der Waals surface area contributed by atoms with Gasteiger partial charge in [0.15, 0.2) is 0 Å². The Kier molecular flexibility index (Phi) is 14.5. The van der Waals surface area contributed by atoms with Gasteiger partial charge in [0, 0.05) is 0 Å². The van der Waals surface area contributed by atoms with Crippen LogP contribution >= 0.6 is 0 Å². The average molecular weight is 154 g/mol. The zero-order chi connectivity index (χ0) is 9.11. The Morgan fingerprint density at radius 3 is 2.27 bits per heavy atom. The van der Waals surface area contributed by atoms with E-state index < -0.39 is 0 Å². The summed E-state index contributed by atoms with van der Waals surface area (Å²) in [5, 5.41) is 0. The van der Waals surface area contributed by atoms with Crippen molar-refractivity contribution in [1.29, 1.82) is 0 Å². The third-order valence-corrected chi connectivity index (χ3v) is 1.35. The van der Waals surface area contributed by atoms with Crippen molar-refractivity contribution in [1.82, 2.24) is 0 Å². The van der Waals surface area contributed by atoms with E-state index >= 15 is 0 Å². The van der Waals surface area contributed by atoms with E-state index in [-0.39, 0.29) is 0 Å². The number of hydrogen-bond acceptors (Lipinski definition) is 0. The molecule has 0 nitrogen and oxygen atoms in total. The Bertz CT molecular complexity index is 90.2. The molecule has 66 valence electrons. The van der Waals surface area contributed by atoms with Crippen LogP contribution in [0.5, 0.6) is 0 Å². The summed E-state index contributed by atoms with van der Waals surface area (Å²) >= 11 is 0. The zero-order valence-electron chi connectivity index (χ0n) is 8.43. The molecule has 0 saturated carbocycles. The van der Waals surface area contributed by atoms with Gasteiger partial charge in [-0.3, -0.25) is 0 Å². The molecule has 0 amide bonds. The summed E-state index contributed by atoms with van der Waals surface area (Å²) in [6.45, 7) is 12.0. The van der Waals surface area contributed by atoms with Gasteiger partial charge in [-0.1, -0.05) is 39.0 Å². The van der Waals surface area contributed by atoms with Gasteiger partial charge in [0.1, 0.15) is 0 Å². The van der Waals surface area contributed by atoms with Crippen LogP contribution in [0, 0.1) is 5.92 Å². The molecular weight excluding hydrogens is 132 g/mol. The second kappa shape index (κ2) is 12.2. The predicted molar refractivity (Wildman–Crippen MR) is 54.8 cm³/mol. The maximum absolute atomic E-state index is 3.67. The smallest absolute Gasteiger partial charge is 0.0259 e.